The zero-order chi connectivity index (χ0) is 21.4. The van der Waals surface area contributed by atoms with E-state index < -0.39 is 0 Å². The molecule has 3 aromatic heterocycles. The molecule has 1 aliphatic heterocycles. The van der Waals surface area contributed by atoms with E-state index in [9.17, 15) is 4.79 Å². The molecule has 8 heteroatoms. The number of aromatic nitrogens is 3. The second-order valence-electron chi connectivity index (χ2n) is 7.79. The number of aryl methyl sites for hydroxylation is 1. The number of fused-ring (bicyclic) bond motifs is 1. The Bertz CT molecular complexity index is 1230. The van der Waals surface area contributed by atoms with E-state index >= 15 is 0 Å². The molecule has 0 radical (unpaired) electrons. The van der Waals surface area contributed by atoms with Crippen molar-refractivity contribution in [2.45, 2.75) is 25.8 Å². The molecule has 31 heavy (non-hydrogen) atoms. The molecule has 0 spiro atoms. The smallest absolute Gasteiger partial charge is 0.254 e. The Kier molecular flexibility index (Phi) is 5.38. The van der Waals surface area contributed by atoms with E-state index in [-0.39, 0.29) is 11.9 Å². The maximum atomic E-state index is 12.6. The minimum absolute atomic E-state index is 0.120. The molecule has 0 bridgehead atoms. The van der Waals surface area contributed by atoms with E-state index in [4.69, 9.17) is 16.6 Å². The van der Waals surface area contributed by atoms with Gasteiger partial charge < -0.3 is 10.2 Å². The summed E-state index contributed by atoms with van der Waals surface area (Å²) in [5.41, 5.74) is 4.31. The molecule has 6 nitrogen and oxygen atoms in total. The first-order valence-corrected chi connectivity index (χ1v) is 11.6. The molecule has 1 saturated heterocycles. The lowest BCUT2D eigenvalue weighted by Gasteiger charge is -2.32. The van der Waals surface area contributed by atoms with Gasteiger partial charge in [0.25, 0.3) is 5.91 Å². The molecule has 0 aliphatic carbocycles. The number of anilines is 1. The van der Waals surface area contributed by atoms with E-state index in [1.807, 2.05) is 69.7 Å². The predicted molar refractivity (Wildman–Crippen MR) is 125 cm³/mol. The van der Waals surface area contributed by atoms with Gasteiger partial charge in [0.1, 0.15) is 5.82 Å². The van der Waals surface area contributed by atoms with Gasteiger partial charge in [-0.2, -0.15) is 21.0 Å². The van der Waals surface area contributed by atoms with Crippen molar-refractivity contribution in [2.24, 2.45) is 0 Å². The van der Waals surface area contributed by atoms with Crippen LogP contribution in [0.3, 0.4) is 0 Å². The summed E-state index contributed by atoms with van der Waals surface area (Å²) in [5, 5.41) is 12.7. The zero-order valence-corrected chi connectivity index (χ0v) is 18.7. The van der Waals surface area contributed by atoms with E-state index in [1.165, 1.54) is 0 Å². The molecule has 1 aliphatic rings. The number of rotatable bonds is 4. The van der Waals surface area contributed by atoms with Crippen LogP contribution in [0.25, 0.3) is 16.9 Å². The predicted octanol–water partition coefficient (Wildman–Crippen LogP) is 5.14. The third kappa shape index (κ3) is 3.91. The minimum Gasteiger partial charge on any atom is -0.367 e. The number of halogens is 1. The van der Waals surface area contributed by atoms with Gasteiger partial charge in [0, 0.05) is 46.7 Å². The average Bonchev–Trinajstić information content (AvgIpc) is 3.45. The van der Waals surface area contributed by atoms with Crippen LogP contribution in [0.4, 0.5) is 5.82 Å². The Hall–Kier alpha value is -2.90. The van der Waals surface area contributed by atoms with Gasteiger partial charge in [0.05, 0.1) is 17.5 Å². The fourth-order valence-corrected chi connectivity index (χ4v) is 4.85. The maximum absolute atomic E-state index is 12.6. The first-order chi connectivity index (χ1) is 15.1. The molecule has 5 rings (SSSR count). The molecule has 4 aromatic rings. The Labute approximate surface area is 189 Å². The second-order valence-corrected chi connectivity index (χ2v) is 8.98. The molecule has 1 aromatic carbocycles. The van der Waals surface area contributed by atoms with E-state index in [2.05, 4.69) is 10.4 Å². The van der Waals surface area contributed by atoms with Gasteiger partial charge in [-0.3, -0.25) is 4.79 Å². The SMILES string of the molecule is Cc1cnn2c(NC3CCN(C(=O)c4ccsc4)CC3)cc(-c3ccccc3Cl)nc12. The number of carbonyl (C=O) groups is 1. The molecule has 1 amide bonds. The number of thiophene rings is 1. The Morgan fingerprint density at radius 1 is 1.23 bits per heavy atom. The van der Waals surface area contributed by atoms with E-state index in [0.717, 1.165) is 59.8 Å². The van der Waals surface area contributed by atoms with Crippen LogP contribution in [-0.2, 0) is 0 Å². The average molecular weight is 452 g/mol. The number of likely N-dealkylation sites (tertiary alicyclic amines) is 1. The van der Waals surface area contributed by atoms with Crippen molar-refractivity contribution < 1.29 is 4.79 Å². The van der Waals surface area contributed by atoms with E-state index in [1.54, 1.807) is 11.3 Å². The molecule has 0 atom stereocenters. The summed E-state index contributed by atoms with van der Waals surface area (Å²) in [6.07, 6.45) is 3.58. The number of nitrogens with one attached hydrogen (secondary N) is 1. The van der Waals surface area contributed by atoms with Gasteiger partial charge in [0.15, 0.2) is 5.65 Å². The first kappa shape index (κ1) is 20.0. The van der Waals surface area contributed by atoms with Crippen molar-refractivity contribution in [3.8, 4) is 11.3 Å². The molecule has 4 heterocycles. The highest BCUT2D eigenvalue weighted by atomic mass is 35.5. The number of carbonyl (C=O) groups excluding carboxylic acids is 1. The maximum Gasteiger partial charge on any atom is 0.254 e. The van der Waals surface area contributed by atoms with Crippen LogP contribution in [-0.4, -0.2) is 44.5 Å². The normalized spacial score (nSPS) is 14.8. The molecular formula is C23H22ClN5OS. The molecule has 1 N–H and O–H groups in total. The third-order valence-electron chi connectivity index (χ3n) is 5.70. The number of benzene rings is 1. The Morgan fingerprint density at radius 3 is 2.77 bits per heavy atom. The number of amides is 1. The minimum atomic E-state index is 0.120. The van der Waals surface area contributed by atoms with Crippen molar-refractivity contribution in [3.05, 3.63) is 69.5 Å². The summed E-state index contributed by atoms with van der Waals surface area (Å²) in [4.78, 5) is 19.4. The Morgan fingerprint density at radius 2 is 2.03 bits per heavy atom. The lowest BCUT2D eigenvalue weighted by molar-refractivity contribution is 0.0719. The van der Waals surface area contributed by atoms with Gasteiger partial charge in [-0.25, -0.2) is 4.98 Å². The molecule has 0 unspecified atom stereocenters. The van der Waals surface area contributed by atoms with Crippen molar-refractivity contribution in [1.29, 1.82) is 0 Å². The molecule has 1 fully saturated rings. The molecular weight excluding hydrogens is 430 g/mol. The van der Waals surface area contributed by atoms with Crippen LogP contribution >= 0.6 is 22.9 Å². The van der Waals surface area contributed by atoms with Gasteiger partial charge in [-0.05, 0) is 37.3 Å². The van der Waals surface area contributed by atoms with Crippen LogP contribution in [0.5, 0.6) is 0 Å². The van der Waals surface area contributed by atoms with Crippen LogP contribution in [0, 0.1) is 6.92 Å². The topological polar surface area (TPSA) is 62.5 Å². The highest BCUT2D eigenvalue weighted by molar-refractivity contribution is 7.08. The van der Waals surface area contributed by atoms with Gasteiger partial charge in [-0.1, -0.05) is 29.8 Å². The van der Waals surface area contributed by atoms with E-state index in [0.29, 0.717) is 5.02 Å². The van der Waals surface area contributed by atoms with Gasteiger partial charge in [-0.15, -0.1) is 0 Å². The Balaban J connectivity index is 1.38. The lowest BCUT2D eigenvalue weighted by atomic mass is 10.0. The standard InChI is InChI=1S/C23H22ClN5OS/c1-15-13-25-29-21(12-20(27-22(15)29)18-4-2-3-5-19(18)24)26-17-6-9-28(10-7-17)23(30)16-8-11-31-14-16/h2-5,8,11-14,17,26H,6-7,9-10H2,1H3. The third-order valence-corrected chi connectivity index (χ3v) is 6.71. The van der Waals surface area contributed by atoms with Gasteiger partial charge >= 0.3 is 0 Å². The van der Waals surface area contributed by atoms with Crippen molar-refractivity contribution in [3.63, 3.8) is 0 Å². The number of hydrogen-bond acceptors (Lipinski definition) is 5. The number of nitrogens with zero attached hydrogens (tertiary/aromatic N) is 4. The lowest BCUT2D eigenvalue weighted by Crippen LogP contribution is -2.42. The van der Waals surface area contributed by atoms with Crippen molar-refractivity contribution in [2.75, 3.05) is 18.4 Å². The monoisotopic (exact) mass is 451 g/mol. The molecule has 0 saturated carbocycles. The highest BCUT2D eigenvalue weighted by Crippen LogP contribution is 2.30. The van der Waals surface area contributed by atoms with Crippen molar-refractivity contribution >= 4 is 40.3 Å². The quantitative estimate of drug-likeness (QED) is 0.467. The fourth-order valence-electron chi connectivity index (χ4n) is 3.99. The van der Waals surface area contributed by atoms with Crippen LogP contribution in [0.15, 0.2) is 53.4 Å². The summed E-state index contributed by atoms with van der Waals surface area (Å²) in [6, 6.07) is 11.9. The summed E-state index contributed by atoms with van der Waals surface area (Å²) >= 11 is 7.99. The summed E-state index contributed by atoms with van der Waals surface area (Å²) < 4.78 is 1.85. The first-order valence-electron chi connectivity index (χ1n) is 10.3. The summed E-state index contributed by atoms with van der Waals surface area (Å²) in [6.45, 7) is 3.47. The summed E-state index contributed by atoms with van der Waals surface area (Å²) in [7, 11) is 0. The fraction of sp³-hybridized carbons (Fsp3) is 0.261. The highest BCUT2D eigenvalue weighted by Gasteiger charge is 2.25. The van der Waals surface area contributed by atoms with Crippen LogP contribution < -0.4 is 5.32 Å². The second kappa shape index (κ2) is 8.32. The molecule has 158 valence electrons. The number of hydrogen-bond donors (Lipinski definition) is 1. The van der Waals surface area contributed by atoms with Gasteiger partial charge in [0.2, 0.25) is 0 Å². The van der Waals surface area contributed by atoms with Crippen LogP contribution in [0.2, 0.25) is 5.02 Å². The van der Waals surface area contributed by atoms with Crippen LogP contribution in [0.1, 0.15) is 28.8 Å². The van der Waals surface area contributed by atoms with Crippen molar-refractivity contribution in [1.82, 2.24) is 19.5 Å². The summed E-state index contributed by atoms with van der Waals surface area (Å²) in [5.74, 6) is 1.00. The largest absolute Gasteiger partial charge is 0.367 e. The number of piperidine rings is 1. The zero-order valence-electron chi connectivity index (χ0n) is 17.1.